The third kappa shape index (κ3) is 3.22. The lowest BCUT2D eigenvalue weighted by molar-refractivity contribution is -0.123. The van der Waals surface area contributed by atoms with Gasteiger partial charge in [0.15, 0.2) is 0 Å². The van der Waals surface area contributed by atoms with Crippen molar-refractivity contribution in [3.8, 4) is 0 Å². The molecule has 19 heavy (non-hydrogen) atoms. The van der Waals surface area contributed by atoms with Crippen LogP contribution in [0.2, 0.25) is 0 Å². The van der Waals surface area contributed by atoms with E-state index in [9.17, 15) is 4.79 Å². The van der Waals surface area contributed by atoms with Gasteiger partial charge in [0.05, 0.1) is 6.04 Å². The molecular weight excluding hydrogens is 276 g/mol. The van der Waals surface area contributed by atoms with Gasteiger partial charge in [0.1, 0.15) is 5.01 Å². The molecule has 0 radical (unpaired) electrons. The Labute approximate surface area is 120 Å². The summed E-state index contributed by atoms with van der Waals surface area (Å²) in [6.45, 7) is 1.99. The Morgan fingerprint density at radius 3 is 2.95 bits per heavy atom. The fourth-order valence-corrected chi connectivity index (χ4v) is 3.54. The number of amides is 1. The van der Waals surface area contributed by atoms with Gasteiger partial charge in [-0.3, -0.25) is 4.79 Å². The number of aryl methyl sites for hydroxylation is 1. The smallest absolute Gasteiger partial charge is 0.223 e. The van der Waals surface area contributed by atoms with E-state index in [1.807, 2.05) is 12.3 Å². The van der Waals surface area contributed by atoms with E-state index >= 15 is 0 Å². The zero-order valence-corrected chi connectivity index (χ0v) is 12.4. The number of thiazole rings is 1. The van der Waals surface area contributed by atoms with Gasteiger partial charge in [-0.1, -0.05) is 0 Å². The van der Waals surface area contributed by atoms with E-state index in [1.165, 1.54) is 5.56 Å². The third-order valence-electron chi connectivity index (χ3n) is 3.22. The second-order valence-electron chi connectivity index (χ2n) is 5.00. The van der Waals surface area contributed by atoms with Crippen LogP contribution < -0.4 is 5.32 Å². The first kappa shape index (κ1) is 12.8. The molecular formula is C14H16N2OS2. The molecule has 1 atom stereocenters. The van der Waals surface area contributed by atoms with E-state index in [-0.39, 0.29) is 17.9 Å². The minimum atomic E-state index is 0.0152. The Hall–Kier alpha value is -1.20. The van der Waals surface area contributed by atoms with E-state index in [1.54, 1.807) is 22.7 Å². The van der Waals surface area contributed by atoms with Gasteiger partial charge in [-0.25, -0.2) is 4.98 Å². The molecule has 2 aromatic rings. The van der Waals surface area contributed by atoms with Gasteiger partial charge in [-0.2, -0.15) is 11.3 Å². The van der Waals surface area contributed by atoms with Crippen LogP contribution in [0.4, 0.5) is 0 Å². The van der Waals surface area contributed by atoms with Crippen molar-refractivity contribution in [3.05, 3.63) is 38.5 Å². The van der Waals surface area contributed by atoms with Gasteiger partial charge in [-0.15, -0.1) is 11.3 Å². The van der Waals surface area contributed by atoms with Crippen LogP contribution in [-0.4, -0.2) is 10.9 Å². The van der Waals surface area contributed by atoms with Crippen molar-refractivity contribution in [2.45, 2.75) is 32.2 Å². The quantitative estimate of drug-likeness (QED) is 0.918. The van der Waals surface area contributed by atoms with Crippen LogP contribution in [0, 0.1) is 12.8 Å². The lowest BCUT2D eigenvalue weighted by atomic mass is 10.1. The summed E-state index contributed by atoms with van der Waals surface area (Å²) in [7, 11) is 0. The normalized spacial score (nSPS) is 16.3. The molecule has 0 bridgehead atoms. The number of aromatic nitrogens is 1. The van der Waals surface area contributed by atoms with Gasteiger partial charge in [-0.05, 0) is 42.2 Å². The number of nitrogens with one attached hydrogen (secondary N) is 1. The molecule has 0 aromatic carbocycles. The lowest BCUT2D eigenvalue weighted by Gasteiger charge is -2.16. The highest BCUT2D eigenvalue weighted by Crippen LogP contribution is 2.31. The highest BCUT2D eigenvalue weighted by molar-refractivity contribution is 7.09. The van der Waals surface area contributed by atoms with Crippen LogP contribution >= 0.6 is 22.7 Å². The van der Waals surface area contributed by atoms with E-state index in [2.05, 4.69) is 27.1 Å². The fraction of sp³-hybridized carbons (Fsp3) is 0.429. The molecule has 0 spiro atoms. The van der Waals surface area contributed by atoms with Crippen molar-refractivity contribution in [2.75, 3.05) is 0 Å². The molecule has 100 valence electrons. The highest BCUT2D eigenvalue weighted by atomic mass is 32.1. The van der Waals surface area contributed by atoms with Crippen molar-refractivity contribution in [1.82, 2.24) is 10.3 Å². The summed E-state index contributed by atoms with van der Waals surface area (Å²) < 4.78 is 0. The van der Waals surface area contributed by atoms with Crippen molar-refractivity contribution in [1.29, 1.82) is 0 Å². The minimum Gasteiger partial charge on any atom is -0.346 e. The molecule has 1 saturated carbocycles. The van der Waals surface area contributed by atoms with Gasteiger partial charge < -0.3 is 5.32 Å². The number of carbonyl (C=O) groups is 1. The maximum absolute atomic E-state index is 12.0. The van der Waals surface area contributed by atoms with Crippen LogP contribution in [0.25, 0.3) is 0 Å². The highest BCUT2D eigenvalue weighted by Gasteiger charge is 2.31. The van der Waals surface area contributed by atoms with Crippen LogP contribution in [0.15, 0.2) is 22.2 Å². The molecule has 0 aliphatic heterocycles. The third-order valence-corrected chi connectivity index (χ3v) is 5.03. The number of hydrogen-bond acceptors (Lipinski definition) is 4. The van der Waals surface area contributed by atoms with Gasteiger partial charge in [0.25, 0.3) is 0 Å². The molecule has 1 N–H and O–H groups in total. The molecule has 0 unspecified atom stereocenters. The summed E-state index contributed by atoms with van der Waals surface area (Å²) in [5.41, 5.74) is 2.29. The molecule has 0 saturated heterocycles. The minimum absolute atomic E-state index is 0.0152. The van der Waals surface area contributed by atoms with Crippen LogP contribution in [-0.2, 0) is 11.2 Å². The molecule has 1 aliphatic rings. The van der Waals surface area contributed by atoms with Crippen molar-refractivity contribution < 1.29 is 4.79 Å². The average molecular weight is 292 g/mol. The molecule has 2 aromatic heterocycles. The Morgan fingerprint density at radius 1 is 1.53 bits per heavy atom. The Morgan fingerprint density at radius 2 is 2.37 bits per heavy atom. The van der Waals surface area contributed by atoms with Crippen LogP contribution in [0.5, 0.6) is 0 Å². The van der Waals surface area contributed by atoms with Gasteiger partial charge in [0.2, 0.25) is 5.91 Å². The standard InChI is InChI=1S/C14H16N2OS2/c1-9-7-19-14(15-9)12(6-10-4-5-18-8-10)16-13(17)11-2-3-11/h4-5,7-8,11-12H,2-3,6H2,1H3,(H,16,17)/t12-/m0/s1. The van der Waals surface area contributed by atoms with E-state index in [0.717, 1.165) is 30.0 Å². The summed E-state index contributed by atoms with van der Waals surface area (Å²) in [6, 6.07) is 2.13. The Kier molecular flexibility index (Phi) is 3.66. The predicted octanol–water partition coefficient (Wildman–Crippen LogP) is 3.32. The first-order chi connectivity index (χ1) is 9.22. The summed E-state index contributed by atoms with van der Waals surface area (Å²) in [6.07, 6.45) is 2.90. The van der Waals surface area contributed by atoms with E-state index in [0.29, 0.717) is 0 Å². The summed E-state index contributed by atoms with van der Waals surface area (Å²) >= 11 is 3.32. The second kappa shape index (κ2) is 5.43. The van der Waals surface area contributed by atoms with Crippen molar-refractivity contribution >= 4 is 28.6 Å². The average Bonchev–Trinajstić information content (AvgIpc) is 2.96. The number of rotatable bonds is 5. The summed E-state index contributed by atoms with van der Waals surface area (Å²) in [5, 5.41) is 10.4. The molecule has 1 fully saturated rings. The monoisotopic (exact) mass is 292 g/mol. The molecule has 3 nitrogen and oxygen atoms in total. The predicted molar refractivity (Wildman–Crippen MR) is 78.5 cm³/mol. The fourth-order valence-electron chi connectivity index (χ4n) is 2.01. The second-order valence-corrected chi connectivity index (χ2v) is 6.67. The largest absolute Gasteiger partial charge is 0.346 e. The maximum atomic E-state index is 12.0. The number of hydrogen-bond donors (Lipinski definition) is 1. The lowest BCUT2D eigenvalue weighted by Crippen LogP contribution is -2.31. The number of carbonyl (C=O) groups excluding carboxylic acids is 1. The first-order valence-corrected chi connectivity index (χ1v) is 8.28. The van der Waals surface area contributed by atoms with E-state index < -0.39 is 0 Å². The molecule has 3 rings (SSSR count). The van der Waals surface area contributed by atoms with Crippen molar-refractivity contribution in [3.63, 3.8) is 0 Å². The SMILES string of the molecule is Cc1csc([C@H](Cc2ccsc2)NC(=O)C2CC2)n1. The summed E-state index contributed by atoms with van der Waals surface area (Å²) in [5.74, 6) is 0.430. The zero-order chi connectivity index (χ0) is 13.2. The number of nitrogens with zero attached hydrogens (tertiary/aromatic N) is 1. The van der Waals surface area contributed by atoms with Gasteiger partial charge in [0, 0.05) is 23.4 Å². The summed E-state index contributed by atoms with van der Waals surface area (Å²) in [4.78, 5) is 16.5. The Balaban J connectivity index is 1.75. The maximum Gasteiger partial charge on any atom is 0.223 e. The first-order valence-electron chi connectivity index (χ1n) is 6.46. The molecule has 5 heteroatoms. The molecule has 2 heterocycles. The van der Waals surface area contributed by atoms with Gasteiger partial charge >= 0.3 is 0 Å². The zero-order valence-electron chi connectivity index (χ0n) is 10.8. The number of thiophene rings is 1. The van der Waals surface area contributed by atoms with E-state index in [4.69, 9.17) is 0 Å². The Bertz CT molecular complexity index is 558. The molecule has 1 amide bonds. The van der Waals surface area contributed by atoms with Crippen molar-refractivity contribution in [2.24, 2.45) is 5.92 Å². The molecule has 1 aliphatic carbocycles. The van der Waals surface area contributed by atoms with Crippen LogP contribution in [0.1, 0.15) is 35.1 Å². The topological polar surface area (TPSA) is 42.0 Å². The van der Waals surface area contributed by atoms with Crippen LogP contribution in [0.3, 0.4) is 0 Å².